The van der Waals surface area contributed by atoms with Crippen LogP contribution in [-0.4, -0.2) is 40.0 Å². The second-order valence-corrected chi connectivity index (χ2v) is 5.89. The molecule has 1 aliphatic heterocycles. The number of carbonyl (C=O) groups is 2. The van der Waals surface area contributed by atoms with Crippen LogP contribution in [0, 0.1) is 5.92 Å². The molecule has 1 aromatic heterocycles. The molecule has 1 saturated heterocycles. The maximum Gasteiger partial charge on any atom is 0.410 e. The van der Waals surface area contributed by atoms with E-state index in [9.17, 15) is 9.59 Å². The minimum atomic E-state index is -0.391. The van der Waals surface area contributed by atoms with Gasteiger partial charge in [0.1, 0.15) is 6.61 Å². The van der Waals surface area contributed by atoms with Gasteiger partial charge in [0.2, 0.25) is 11.9 Å². The molecule has 1 N–H and O–H groups in total. The third-order valence-electron chi connectivity index (χ3n) is 4.06. The summed E-state index contributed by atoms with van der Waals surface area (Å²) in [6, 6.07) is 11.2. The summed E-state index contributed by atoms with van der Waals surface area (Å²) in [5, 5.41) is 2.69. The summed E-state index contributed by atoms with van der Waals surface area (Å²) in [6.45, 7) is 1.16. The van der Waals surface area contributed by atoms with Gasteiger partial charge in [0.25, 0.3) is 0 Å². The molecule has 130 valence electrons. The molecule has 0 bridgehead atoms. The number of anilines is 1. The number of carbonyl (C=O) groups excluding carboxylic acids is 2. The van der Waals surface area contributed by atoms with Crippen molar-refractivity contribution in [3.63, 3.8) is 0 Å². The molecule has 0 radical (unpaired) electrons. The summed E-state index contributed by atoms with van der Waals surface area (Å²) < 4.78 is 5.34. The first-order chi connectivity index (χ1) is 12.2. The molecular formula is C18H20N4O3. The Morgan fingerprint density at radius 3 is 2.68 bits per heavy atom. The van der Waals surface area contributed by atoms with Gasteiger partial charge in [-0.2, -0.15) is 0 Å². The zero-order valence-corrected chi connectivity index (χ0v) is 13.8. The van der Waals surface area contributed by atoms with Crippen LogP contribution in [0.1, 0.15) is 18.4 Å². The molecule has 1 unspecified atom stereocenters. The van der Waals surface area contributed by atoms with Crippen molar-refractivity contribution < 1.29 is 14.3 Å². The van der Waals surface area contributed by atoms with Crippen molar-refractivity contribution in [2.75, 3.05) is 18.4 Å². The molecule has 1 atom stereocenters. The van der Waals surface area contributed by atoms with E-state index < -0.39 is 6.09 Å². The molecule has 2 aromatic rings. The van der Waals surface area contributed by atoms with E-state index in [2.05, 4.69) is 15.3 Å². The average molecular weight is 340 g/mol. The van der Waals surface area contributed by atoms with Crippen LogP contribution in [-0.2, 0) is 16.1 Å². The number of aromatic nitrogens is 2. The Bertz CT molecular complexity index is 709. The maximum atomic E-state index is 12.3. The lowest BCUT2D eigenvalue weighted by Gasteiger charge is -2.31. The van der Waals surface area contributed by atoms with Crippen molar-refractivity contribution in [3.8, 4) is 0 Å². The Kier molecular flexibility index (Phi) is 5.56. The number of piperidine rings is 1. The number of benzene rings is 1. The highest BCUT2D eigenvalue weighted by Crippen LogP contribution is 2.19. The number of likely N-dealkylation sites (tertiary alicyclic amines) is 1. The van der Waals surface area contributed by atoms with E-state index in [1.165, 1.54) is 0 Å². The van der Waals surface area contributed by atoms with Gasteiger partial charge in [-0.3, -0.25) is 10.1 Å². The molecule has 1 aromatic carbocycles. The van der Waals surface area contributed by atoms with Crippen LogP contribution in [0.2, 0.25) is 0 Å². The first kappa shape index (κ1) is 16.9. The van der Waals surface area contributed by atoms with Crippen molar-refractivity contribution in [1.82, 2.24) is 14.9 Å². The second kappa shape index (κ2) is 8.23. The Balaban J connectivity index is 1.51. The molecule has 7 nitrogen and oxygen atoms in total. The van der Waals surface area contributed by atoms with Gasteiger partial charge >= 0.3 is 6.09 Å². The van der Waals surface area contributed by atoms with Crippen LogP contribution in [0.25, 0.3) is 0 Å². The van der Waals surface area contributed by atoms with Gasteiger partial charge in [-0.1, -0.05) is 30.3 Å². The summed E-state index contributed by atoms with van der Waals surface area (Å²) in [4.78, 5) is 34.1. The average Bonchev–Trinajstić information content (AvgIpc) is 2.68. The van der Waals surface area contributed by atoms with Gasteiger partial charge in [-0.15, -0.1) is 0 Å². The minimum Gasteiger partial charge on any atom is -0.445 e. The van der Waals surface area contributed by atoms with Crippen molar-refractivity contribution in [2.45, 2.75) is 19.4 Å². The van der Waals surface area contributed by atoms with Crippen LogP contribution in [0.3, 0.4) is 0 Å². The minimum absolute atomic E-state index is 0.174. The third kappa shape index (κ3) is 4.76. The predicted octanol–water partition coefficient (Wildman–Crippen LogP) is 2.46. The highest BCUT2D eigenvalue weighted by Gasteiger charge is 2.29. The van der Waals surface area contributed by atoms with Crippen molar-refractivity contribution in [1.29, 1.82) is 0 Å². The molecule has 7 heteroatoms. The summed E-state index contributed by atoms with van der Waals surface area (Å²) in [5.74, 6) is -0.190. The molecule has 2 amide bonds. The second-order valence-electron chi connectivity index (χ2n) is 5.89. The number of rotatable bonds is 4. The number of hydrogen-bond acceptors (Lipinski definition) is 5. The fraction of sp³-hybridized carbons (Fsp3) is 0.333. The quantitative estimate of drug-likeness (QED) is 0.924. The molecule has 0 aliphatic carbocycles. The van der Waals surface area contributed by atoms with Gasteiger partial charge < -0.3 is 9.64 Å². The summed E-state index contributed by atoms with van der Waals surface area (Å²) >= 11 is 0. The Morgan fingerprint density at radius 2 is 1.92 bits per heavy atom. The van der Waals surface area contributed by atoms with E-state index in [4.69, 9.17) is 4.74 Å². The van der Waals surface area contributed by atoms with Crippen LogP contribution < -0.4 is 5.32 Å². The zero-order chi connectivity index (χ0) is 17.5. The number of amides is 2. The summed E-state index contributed by atoms with van der Waals surface area (Å²) in [7, 11) is 0. The van der Waals surface area contributed by atoms with Crippen LogP contribution >= 0.6 is 0 Å². The van der Waals surface area contributed by atoms with E-state index in [-0.39, 0.29) is 24.4 Å². The number of nitrogens with one attached hydrogen (secondary N) is 1. The van der Waals surface area contributed by atoms with E-state index in [0.717, 1.165) is 18.4 Å². The third-order valence-corrected chi connectivity index (χ3v) is 4.06. The van der Waals surface area contributed by atoms with Gasteiger partial charge in [-0.05, 0) is 24.5 Å². The lowest BCUT2D eigenvalue weighted by Crippen LogP contribution is -2.44. The van der Waals surface area contributed by atoms with E-state index in [1.807, 2.05) is 30.3 Å². The van der Waals surface area contributed by atoms with E-state index in [0.29, 0.717) is 13.1 Å². The molecular weight excluding hydrogens is 320 g/mol. The fourth-order valence-corrected chi connectivity index (χ4v) is 2.74. The van der Waals surface area contributed by atoms with Gasteiger partial charge in [0.15, 0.2) is 0 Å². The van der Waals surface area contributed by atoms with Gasteiger partial charge in [0, 0.05) is 25.5 Å². The number of hydrogen-bond donors (Lipinski definition) is 1. The smallest absolute Gasteiger partial charge is 0.410 e. The Hall–Kier alpha value is -2.96. The van der Waals surface area contributed by atoms with Crippen LogP contribution in [0.5, 0.6) is 0 Å². The monoisotopic (exact) mass is 340 g/mol. The first-order valence-electron chi connectivity index (χ1n) is 8.26. The fourth-order valence-electron chi connectivity index (χ4n) is 2.74. The van der Waals surface area contributed by atoms with E-state index >= 15 is 0 Å². The highest BCUT2D eigenvalue weighted by atomic mass is 16.6. The Labute approximate surface area is 146 Å². The van der Waals surface area contributed by atoms with E-state index in [1.54, 1.807) is 23.4 Å². The molecule has 1 fully saturated rings. The SMILES string of the molecule is O=C(Nc1ncccn1)C1CCCN(C(=O)OCc2ccccc2)C1. The van der Waals surface area contributed by atoms with Crippen LogP contribution in [0.15, 0.2) is 48.8 Å². The standard InChI is InChI=1S/C18H20N4O3/c23-16(21-17-19-9-5-10-20-17)15-8-4-11-22(12-15)18(24)25-13-14-6-2-1-3-7-14/h1-3,5-7,9-10,15H,4,8,11-13H2,(H,19,20,21,23). The summed E-state index contributed by atoms with van der Waals surface area (Å²) in [5.41, 5.74) is 0.934. The number of nitrogens with zero attached hydrogens (tertiary/aromatic N) is 3. The zero-order valence-electron chi connectivity index (χ0n) is 13.8. The molecule has 1 aliphatic rings. The lowest BCUT2D eigenvalue weighted by atomic mass is 9.97. The molecule has 25 heavy (non-hydrogen) atoms. The molecule has 0 saturated carbocycles. The van der Waals surface area contributed by atoms with Gasteiger partial charge in [0.05, 0.1) is 5.92 Å². The van der Waals surface area contributed by atoms with Crippen molar-refractivity contribution in [3.05, 3.63) is 54.4 Å². The topological polar surface area (TPSA) is 84.4 Å². The molecule has 3 rings (SSSR count). The number of ether oxygens (including phenoxy) is 1. The van der Waals surface area contributed by atoms with Crippen LogP contribution in [0.4, 0.5) is 10.7 Å². The molecule has 2 heterocycles. The normalized spacial score (nSPS) is 17.0. The highest BCUT2D eigenvalue weighted by molar-refractivity contribution is 5.91. The largest absolute Gasteiger partial charge is 0.445 e. The van der Waals surface area contributed by atoms with Gasteiger partial charge in [-0.25, -0.2) is 14.8 Å². The summed E-state index contributed by atoms with van der Waals surface area (Å²) in [6.07, 6.45) is 4.22. The first-order valence-corrected chi connectivity index (χ1v) is 8.26. The predicted molar refractivity (Wildman–Crippen MR) is 91.6 cm³/mol. The lowest BCUT2D eigenvalue weighted by molar-refractivity contribution is -0.121. The van der Waals surface area contributed by atoms with Crippen molar-refractivity contribution >= 4 is 17.9 Å². The Morgan fingerprint density at radius 1 is 1.16 bits per heavy atom. The molecule has 0 spiro atoms. The van der Waals surface area contributed by atoms with Crippen molar-refractivity contribution in [2.24, 2.45) is 5.92 Å². The maximum absolute atomic E-state index is 12.3.